The fourth-order valence-electron chi connectivity index (χ4n) is 2.81. The Kier molecular flexibility index (Phi) is 6.95. The minimum Gasteiger partial charge on any atom is -0.495 e. The lowest BCUT2D eigenvalue weighted by Gasteiger charge is -2.11. The van der Waals surface area contributed by atoms with Crippen LogP contribution in [0.15, 0.2) is 60.3 Å². The molecule has 0 bridgehead atoms. The number of carbonyl (C=O) groups excluding carboxylic acids is 1. The van der Waals surface area contributed by atoms with Crippen LogP contribution in [0.2, 0.25) is 5.02 Å². The van der Waals surface area contributed by atoms with Crippen LogP contribution in [0.1, 0.15) is 5.56 Å². The van der Waals surface area contributed by atoms with Gasteiger partial charge in [-0.25, -0.2) is 0 Å². The van der Waals surface area contributed by atoms with E-state index in [1.165, 1.54) is 11.8 Å². The number of allylic oxidation sites excluding steroid dienone is 1. The lowest BCUT2D eigenvalue weighted by Crippen LogP contribution is -2.15. The Morgan fingerprint density at radius 1 is 1.31 bits per heavy atom. The second kappa shape index (κ2) is 9.62. The molecule has 1 amide bonds. The number of aryl methyl sites for hydroxylation is 1. The molecule has 0 aliphatic rings. The van der Waals surface area contributed by atoms with Crippen molar-refractivity contribution in [2.75, 3.05) is 18.2 Å². The summed E-state index contributed by atoms with van der Waals surface area (Å²) in [6.07, 6.45) is 1.78. The van der Waals surface area contributed by atoms with Crippen molar-refractivity contribution in [1.29, 1.82) is 0 Å². The number of halogens is 1. The number of anilines is 1. The summed E-state index contributed by atoms with van der Waals surface area (Å²) in [5.74, 6) is 1.27. The highest BCUT2D eigenvalue weighted by molar-refractivity contribution is 7.99. The van der Waals surface area contributed by atoms with E-state index in [1.54, 1.807) is 31.4 Å². The highest BCUT2D eigenvalue weighted by atomic mass is 35.5. The number of aromatic nitrogens is 3. The number of benzene rings is 2. The largest absolute Gasteiger partial charge is 0.495 e. The highest BCUT2D eigenvalue weighted by Gasteiger charge is 2.16. The molecule has 150 valence electrons. The molecular weight excluding hydrogens is 408 g/mol. The number of hydrogen-bond acceptors (Lipinski definition) is 5. The molecule has 6 nitrogen and oxygen atoms in total. The molecule has 1 aromatic heterocycles. The minimum absolute atomic E-state index is 0.165. The lowest BCUT2D eigenvalue weighted by atomic mass is 10.1. The average Bonchev–Trinajstić information content (AvgIpc) is 3.10. The maximum Gasteiger partial charge on any atom is 0.234 e. The van der Waals surface area contributed by atoms with Crippen LogP contribution in [0.3, 0.4) is 0 Å². The normalized spacial score (nSPS) is 10.6. The third-order valence-corrected chi connectivity index (χ3v) is 5.38. The standard InChI is InChI=1S/C21H21ClN4O2S/c1-4-11-26-20(16-8-6-5-7-14(16)2)24-25-21(26)29-13-19(27)23-17-12-15(22)9-10-18(17)28-3/h4-10,12H,1,11,13H2,2-3H3,(H,23,27). The van der Waals surface area contributed by atoms with E-state index < -0.39 is 0 Å². The lowest BCUT2D eigenvalue weighted by molar-refractivity contribution is -0.113. The Bertz CT molecular complexity index is 1040. The van der Waals surface area contributed by atoms with Crippen LogP contribution in [0.25, 0.3) is 11.4 Å². The van der Waals surface area contributed by atoms with E-state index in [0.717, 1.165) is 17.0 Å². The van der Waals surface area contributed by atoms with Crippen LogP contribution >= 0.6 is 23.4 Å². The quantitative estimate of drug-likeness (QED) is 0.411. The van der Waals surface area contributed by atoms with E-state index in [9.17, 15) is 4.79 Å². The van der Waals surface area contributed by atoms with Crippen LogP contribution < -0.4 is 10.1 Å². The van der Waals surface area contributed by atoms with Gasteiger partial charge in [0.25, 0.3) is 0 Å². The Balaban J connectivity index is 1.76. The van der Waals surface area contributed by atoms with Gasteiger partial charge in [-0.05, 0) is 30.7 Å². The monoisotopic (exact) mass is 428 g/mol. The van der Waals surface area contributed by atoms with Gasteiger partial charge in [0.05, 0.1) is 18.6 Å². The molecule has 0 radical (unpaired) electrons. The van der Waals surface area contributed by atoms with Gasteiger partial charge in [-0.3, -0.25) is 9.36 Å². The molecule has 3 aromatic rings. The molecule has 1 heterocycles. The predicted molar refractivity (Wildman–Crippen MR) is 118 cm³/mol. The van der Waals surface area contributed by atoms with Crippen molar-refractivity contribution in [1.82, 2.24) is 14.8 Å². The first-order valence-corrected chi connectivity index (χ1v) is 10.3. The summed E-state index contributed by atoms with van der Waals surface area (Å²) in [6.45, 7) is 6.39. The molecule has 0 aliphatic heterocycles. The highest BCUT2D eigenvalue weighted by Crippen LogP contribution is 2.29. The van der Waals surface area contributed by atoms with E-state index in [1.807, 2.05) is 35.8 Å². The SMILES string of the molecule is C=CCn1c(SCC(=O)Nc2cc(Cl)ccc2OC)nnc1-c1ccccc1C. The zero-order chi connectivity index (χ0) is 20.8. The van der Waals surface area contributed by atoms with Crippen molar-refractivity contribution in [2.45, 2.75) is 18.6 Å². The van der Waals surface area contributed by atoms with Crippen LogP contribution in [-0.2, 0) is 11.3 Å². The fraction of sp³-hybridized carbons (Fsp3) is 0.190. The number of thioether (sulfide) groups is 1. The van der Waals surface area contributed by atoms with Crippen molar-refractivity contribution in [2.24, 2.45) is 0 Å². The van der Waals surface area contributed by atoms with Crippen LogP contribution in [0.4, 0.5) is 5.69 Å². The summed E-state index contributed by atoms with van der Waals surface area (Å²) < 4.78 is 7.21. The first-order valence-electron chi connectivity index (χ1n) is 8.89. The molecule has 0 unspecified atom stereocenters. The second-order valence-corrected chi connectivity index (χ2v) is 7.58. The minimum atomic E-state index is -0.193. The average molecular weight is 429 g/mol. The maximum absolute atomic E-state index is 12.5. The van der Waals surface area contributed by atoms with E-state index in [-0.39, 0.29) is 11.7 Å². The maximum atomic E-state index is 12.5. The van der Waals surface area contributed by atoms with Crippen molar-refractivity contribution >= 4 is 35.0 Å². The first kappa shape index (κ1) is 21.0. The van der Waals surface area contributed by atoms with Crippen molar-refractivity contribution < 1.29 is 9.53 Å². The molecule has 1 N–H and O–H groups in total. The molecular formula is C21H21ClN4O2S. The Labute approximate surface area is 178 Å². The van der Waals surface area contributed by atoms with Crippen LogP contribution in [0, 0.1) is 6.92 Å². The topological polar surface area (TPSA) is 69.0 Å². The van der Waals surface area contributed by atoms with Crippen molar-refractivity contribution in [3.8, 4) is 17.1 Å². The smallest absolute Gasteiger partial charge is 0.234 e. The molecule has 0 fully saturated rings. The number of amides is 1. The predicted octanol–water partition coefficient (Wildman–Crippen LogP) is 4.83. The zero-order valence-corrected chi connectivity index (χ0v) is 17.8. The third kappa shape index (κ3) is 4.99. The van der Waals surface area contributed by atoms with E-state index in [2.05, 4.69) is 22.1 Å². The Hall–Kier alpha value is -2.77. The molecule has 0 atom stereocenters. The van der Waals surface area contributed by atoms with Crippen molar-refractivity contribution in [3.05, 3.63) is 65.7 Å². The van der Waals surface area contributed by atoms with Crippen LogP contribution in [0.5, 0.6) is 5.75 Å². The Morgan fingerprint density at radius 3 is 2.83 bits per heavy atom. The summed E-state index contributed by atoms with van der Waals surface area (Å²) >= 11 is 7.33. The number of ether oxygens (including phenoxy) is 1. The zero-order valence-electron chi connectivity index (χ0n) is 16.2. The molecule has 2 aromatic carbocycles. The molecule has 0 aliphatic carbocycles. The molecule has 0 saturated carbocycles. The number of nitrogens with one attached hydrogen (secondary N) is 1. The van der Waals surface area contributed by atoms with Gasteiger partial charge in [0.2, 0.25) is 5.91 Å². The molecule has 8 heteroatoms. The van der Waals surface area contributed by atoms with Gasteiger partial charge in [-0.1, -0.05) is 53.7 Å². The van der Waals surface area contributed by atoms with Gasteiger partial charge in [-0.15, -0.1) is 16.8 Å². The molecule has 0 saturated heterocycles. The number of rotatable bonds is 8. The summed E-state index contributed by atoms with van der Waals surface area (Å²) in [5, 5.41) is 12.6. The third-order valence-electron chi connectivity index (χ3n) is 4.18. The number of carbonyl (C=O) groups is 1. The summed E-state index contributed by atoms with van der Waals surface area (Å²) in [6, 6.07) is 13.0. The molecule has 3 rings (SSSR count). The van der Waals surface area contributed by atoms with E-state index in [0.29, 0.717) is 28.2 Å². The van der Waals surface area contributed by atoms with Gasteiger partial charge in [0.15, 0.2) is 11.0 Å². The Morgan fingerprint density at radius 2 is 2.10 bits per heavy atom. The van der Waals surface area contributed by atoms with E-state index in [4.69, 9.17) is 16.3 Å². The summed E-state index contributed by atoms with van der Waals surface area (Å²) in [4.78, 5) is 12.5. The number of methoxy groups -OCH3 is 1. The van der Waals surface area contributed by atoms with E-state index >= 15 is 0 Å². The first-order chi connectivity index (χ1) is 14.0. The summed E-state index contributed by atoms with van der Waals surface area (Å²) in [7, 11) is 1.54. The molecule has 29 heavy (non-hydrogen) atoms. The van der Waals surface area contributed by atoms with Gasteiger partial charge in [0.1, 0.15) is 5.75 Å². The molecule has 0 spiro atoms. The van der Waals surface area contributed by atoms with Gasteiger partial charge >= 0.3 is 0 Å². The van der Waals surface area contributed by atoms with Gasteiger partial charge in [0, 0.05) is 17.1 Å². The fourth-order valence-corrected chi connectivity index (χ4v) is 3.73. The second-order valence-electron chi connectivity index (χ2n) is 6.20. The van der Waals surface area contributed by atoms with Crippen LogP contribution in [-0.4, -0.2) is 33.5 Å². The number of hydrogen-bond donors (Lipinski definition) is 1. The van der Waals surface area contributed by atoms with Gasteiger partial charge < -0.3 is 10.1 Å². The number of nitrogens with zero attached hydrogens (tertiary/aromatic N) is 3. The van der Waals surface area contributed by atoms with Gasteiger partial charge in [-0.2, -0.15) is 0 Å². The summed E-state index contributed by atoms with van der Waals surface area (Å²) in [5.41, 5.74) is 2.63. The van der Waals surface area contributed by atoms with Crippen molar-refractivity contribution in [3.63, 3.8) is 0 Å².